The Kier molecular flexibility index (Phi) is 7.81. The maximum absolute atomic E-state index is 14.1. The molecular weight excluding hydrogens is 514 g/mol. The molecule has 0 spiro atoms. The first kappa shape index (κ1) is 28.4. The number of benzene rings is 2. The molecule has 3 atom stereocenters. The number of fused-ring (bicyclic) bond motifs is 1. The van der Waals surface area contributed by atoms with Crippen molar-refractivity contribution in [2.45, 2.75) is 89.7 Å². The molecule has 2 aromatic carbocycles. The highest BCUT2D eigenvalue weighted by Gasteiger charge is 2.46. The smallest absolute Gasteiger partial charge is 0.250 e. The van der Waals surface area contributed by atoms with Crippen LogP contribution in [0.1, 0.15) is 69.3 Å². The van der Waals surface area contributed by atoms with E-state index in [2.05, 4.69) is 68.0 Å². The Morgan fingerprint density at radius 1 is 1.07 bits per heavy atom. The first-order valence-electron chi connectivity index (χ1n) is 14.4. The van der Waals surface area contributed by atoms with Crippen molar-refractivity contribution < 1.29 is 14.0 Å². The molecule has 2 aliphatic rings. The Morgan fingerprint density at radius 2 is 1.82 bits per heavy atom. The van der Waals surface area contributed by atoms with Crippen molar-refractivity contribution >= 4 is 20.3 Å². The molecule has 6 nitrogen and oxygen atoms in total. The number of carbonyl (C=O) groups excluding carboxylic acids is 1. The average molecular weight is 558 g/mol. The summed E-state index contributed by atoms with van der Waals surface area (Å²) in [5.74, 6) is 0.891. The zero-order chi connectivity index (χ0) is 28.7. The van der Waals surface area contributed by atoms with Gasteiger partial charge in [-0.1, -0.05) is 57.2 Å². The van der Waals surface area contributed by atoms with Gasteiger partial charge in [0, 0.05) is 23.9 Å². The van der Waals surface area contributed by atoms with E-state index in [0.717, 1.165) is 54.0 Å². The Hall–Kier alpha value is -3.16. The number of amides is 1. The molecule has 0 radical (unpaired) electrons. The Bertz CT molecular complexity index is 1390. The van der Waals surface area contributed by atoms with Gasteiger partial charge in [-0.25, -0.2) is 4.98 Å². The molecule has 1 amide bonds. The fraction of sp³-hybridized carbons (Fsp3) is 0.455. The minimum atomic E-state index is -1.93. The molecule has 0 saturated carbocycles. The fourth-order valence-electron chi connectivity index (χ4n) is 5.84. The highest BCUT2D eigenvalue weighted by molar-refractivity contribution is 6.74. The summed E-state index contributed by atoms with van der Waals surface area (Å²) in [5, 5.41) is 0.151. The second-order valence-corrected chi connectivity index (χ2v) is 17.6. The zero-order valence-corrected chi connectivity index (χ0v) is 26.0. The van der Waals surface area contributed by atoms with Gasteiger partial charge in [0.1, 0.15) is 5.75 Å². The first-order chi connectivity index (χ1) is 19.0. The SMILES string of the molecule is COc1cc(C=C2CC[C@@H]3C[C@@H](O[Si](C)(C)C(C)(C)C)C[C@@H](c4ccccc4)N3C2=O)ccc1-n1cnc(C)c1. The van der Waals surface area contributed by atoms with Gasteiger partial charge in [0.2, 0.25) is 0 Å². The number of aryl methyl sites for hydroxylation is 1. The molecular formula is C33H43N3O3Si. The van der Waals surface area contributed by atoms with Crippen LogP contribution in [-0.2, 0) is 9.22 Å². The van der Waals surface area contributed by atoms with E-state index < -0.39 is 8.32 Å². The molecule has 7 heteroatoms. The largest absolute Gasteiger partial charge is 0.495 e. The number of piperidine rings is 2. The summed E-state index contributed by atoms with van der Waals surface area (Å²) in [6.07, 6.45) is 9.42. The third-order valence-electron chi connectivity index (χ3n) is 8.99. The van der Waals surface area contributed by atoms with Crippen molar-refractivity contribution in [3.63, 3.8) is 0 Å². The van der Waals surface area contributed by atoms with E-state index in [0.29, 0.717) is 0 Å². The number of hydrogen-bond donors (Lipinski definition) is 0. The van der Waals surface area contributed by atoms with Gasteiger partial charge in [-0.2, -0.15) is 0 Å². The molecule has 2 saturated heterocycles. The van der Waals surface area contributed by atoms with E-state index in [9.17, 15) is 4.79 Å². The summed E-state index contributed by atoms with van der Waals surface area (Å²) in [6, 6.07) is 16.8. The Balaban J connectivity index is 1.43. The number of aromatic nitrogens is 2. The number of methoxy groups -OCH3 is 1. The van der Waals surface area contributed by atoms with Gasteiger partial charge in [-0.3, -0.25) is 4.79 Å². The van der Waals surface area contributed by atoms with E-state index in [1.165, 1.54) is 5.56 Å². The lowest BCUT2D eigenvalue weighted by Gasteiger charge is -2.50. The van der Waals surface area contributed by atoms with Crippen LogP contribution < -0.4 is 4.74 Å². The predicted molar refractivity (Wildman–Crippen MR) is 163 cm³/mol. The Labute approximate surface area is 240 Å². The van der Waals surface area contributed by atoms with Crippen molar-refractivity contribution in [2.24, 2.45) is 0 Å². The van der Waals surface area contributed by atoms with E-state index in [-0.39, 0.29) is 29.1 Å². The number of carbonyl (C=O) groups is 1. The van der Waals surface area contributed by atoms with Gasteiger partial charge in [-0.15, -0.1) is 0 Å². The van der Waals surface area contributed by atoms with Crippen molar-refractivity contribution in [2.75, 3.05) is 7.11 Å². The summed E-state index contributed by atoms with van der Waals surface area (Å²) in [5.41, 5.74) is 4.88. The molecule has 212 valence electrons. The van der Waals surface area contributed by atoms with Crippen molar-refractivity contribution in [3.05, 3.63) is 83.4 Å². The number of rotatable bonds is 6. The molecule has 2 fully saturated rings. The number of nitrogens with zero attached hydrogens (tertiary/aromatic N) is 3. The highest BCUT2D eigenvalue weighted by Crippen LogP contribution is 2.45. The lowest BCUT2D eigenvalue weighted by atomic mass is 9.82. The molecule has 1 aromatic heterocycles. The first-order valence-corrected chi connectivity index (χ1v) is 17.3. The zero-order valence-electron chi connectivity index (χ0n) is 25.0. The lowest BCUT2D eigenvalue weighted by molar-refractivity contribution is -0.139. The van der Waals surface area contributed by atoms with Crippen LogP contribution in [0.2, 0.25) is 18.1 Å². The molecule has 5 rings (SSSR count). The number of hydrogen-bond acceptors (Lipinski definition) is 4. The lowest BCUT2D eigenvalue weighted by Crippen LogP contribution is -2.55. The molecule has 0 N–H and O–H groups in total. The monoisotopic (exact) mass is 557 g/mol. The quantitative estimate of drug-likeness (QED) is 0.233. The molecule has 3 heterocycles. The normalized spacial score (nSPS) is 22.9. The van der Waals surface area contributed by atoms with Gasteiger partial charge in [0.05, 0.1) is 30.9 Å². The number of ether oxygens (including phenoxy) is 1. The minimum absolute atomic E-state index is 0.00677. The molecule has 0 aliphatic carbocycles. The van der Waals surface area contributed by atoms with Gasteiger partial charge in [0.25, 0.3) is 5.91 Å². The van der Waals surface area contributed by atoms with E-state index in [1.807, 2.05) is 48.0 Å². The molecule has 0 unspecified atom stereocenters. The summed E-state index contributed by atoms with van der Waals surface area (Å²) in [7, 11) is -0.253. The molecule has 3 aromatic rings. The third-order valence-corrected chi connectivity index (χ3v) is 13.5. The van der Waals surface area contributed by atoms with Crippen LogP contribution in [0.25, 0.3) is 11.8 Å². The summed E-state index contributed by atoms with van der Waals surface area (Å²) in [6.45, 7) is 13.5. The summed E-state index contributed by atoms with van der Waals surface area (Å²) >= 11 is 0. The molecule has 0 bridgehead atoms. The van der Waals surface area contributed by atoms with Gasteiger partial charge in [-0.05, 0) is 80.1 Å². The van der Waals surface area contributed by atoms with Gasteiger partial charge in [0.15, 0.2) is 8.32 Å². The molecule has 2 aliphatic heterocycles. The van der Waals surface area contributed by atoms with Crippen molar-refractivity contribution in [3.8, 4) is 11.4 Å². The van der Waals surface area contributed by atoms with Gasteiger partial charge >= 0.3 is 0 Å². The third kappa shape index (κ3) is 5.67. The van der Waals surface area contributed by atoms with Crippen LogP contribution in [0.4, 0.5) is 0 Å². The van der Waals surface area contributed by atoms with Crippen LogP contribution in [0.3, 0.4) is 0 Å². The van der Waals surface area contributed by atoms with Crippen molar-refractivity contribution in [1.29, 1.82) is 0 Å². The average Bonchev–Trinajstić information content (AvgIpc) is 3.35. The second kappa shape index (κ2) is 11.0. The summed E-state index contributed by atoms with van der Waals surface area (Å²) in [4.78, 5) is 20.6. The predicted octanol–water partition coefficient (Wildman–Crippen LogP) is 7.49. The fourth-order valence-corrected chi connectivity index (χ4v) is 7.22. The van der Waals surface area contributed by atoms with Crippen LogP contribution in [0.5, 0.6) is 5.75 Å². The van der Waals surface area contributed by atoms with Gasteiger partial charge < -0.3 is 18.6 Å². The topological polar surface area (TPSA) is 56.6 Å². The standard InChI is InChI=1S/C33H43N3O3Si/c1-23-21-35(22-34-23)29-16-13-24(18-31(29)38-5)17-26-14-15-27-19-28(39-40(6,7)33(2,3)4)20-30(36(27)32(26)37)25-11-9-8-10-12-25/h8-13,16-18,21-22,27-28,30H,14-15,19-20H2,1-7H3/t27-,28-,30+/m1/s1. The van der Waals surface area contributed by atoms with E-state index >= 15 is 0 Å². The van der Waals surface area contributed by atoms with Crippen LogP contribution in [0, 0.1) is 6.92 Å². The highest BCUT2D eigenvalue weighted by atomic mass is 28.4. The molecule has 40 heavy (non-hydrogen) atoms. The van der Waals surface area contributed by atoms with Crippen LogP contribution >= 0.6 is 0 Å². The van der Waals surface area contributed by atoms with Crippen molar-refractivity contribution in [1.82, 2.24) is 14.5 Å². The Morgan fingerprint density at radius 3 is 2.48 bits per heavy atom. The van der Waals surface area contributed by atoms with E-state index in [1.54, 1.807) is 13.4 Å². The maximum Gasteiger partial charge on any atom is 0.250 e. The number of imidazole rings is 1. The minimum Gasteiger partial charge on any atom is -0.495 e. The maximum atomic E-state index is 14.1. The van der Waals surface area contributed by atoms with E-state index in [4.69, 9.17) is 9.16 Å². The van der Waals surface area contributed by atoms with Crippen LogP contribution in [-0.4, -0.2) is 47.9 Å². The summed E-state index contributed by atoms with van der Waals surface area (Å²) < 4.78 is 14.6. The second-order valence-electron chi connectivity index (χ2n) is 12.8. The van der Waals surface area contributed by atoms with Crippen LogP contribution in [0.15, 0.2) is 66.6 Å².